The van der Waals surface area contributed by atoms with Crippen LogP contribution in [0.15, 0.2) is 18.2 Å². The molecule has 1 aromatic rings. The van der Waals surface area contributed by atoms with Crippen molar-refractivity contribution in [1.82, 2.24) is 15.5 Å². The Bertz CT molecular complexity index is 1480. The maximum Gasteiger partial charge on any atom is 0.407 e. The quantitative estimate of drug-likeness (QED) is 0.0625. The van der Waals surface area contributed by atoms with Gasteiger partial charge in [-0.3, -0.25) is 29.4 Å². The first kappa shape index (κ1) is 53.5. The van der Waals surface area contributed by atoms with E-state index in [2.05, 4.69) is 16.0 Å². The standard InChI is InChI=1S/C42H68N4O17/c1-42(2,3)63-41(51)44-10-12-53-14-16-55-18-20-57-22-24-59-26-28-61-30-32-62-31-29-60-27-25-58-23-21-56-19-17-54-15-13-52-11-9-43-34-6-4-5-33-37(34)40(50)46(39(33)49)35-7-8-36(47)45-38(35)48/h4-6,35,43H,7-32H2,1-3H3,(H,44,51)(H,45,47,48). The number of piperidine rings is 1. The summed E-state index contributed by atoms with van der Waals surface area (Å²) in [4.78, 5) is 62.4. The number of nitrogens with zero attached hydrogens (tertiary/aromatic N) is 1. The average Bonchev–Trinajstić information content (AvgIpc) is 3.50. The third kappa shape index (κ3) is 23.6. The van der Waals surface area contributed by atoms with Gasteiger partial charge in [-0.15, -0.1) is 0 Å². The maximum absolute atomic E-state index is 13.2. The van der Waals surface area contributed by atoms with Gasteiger partial charge in [-0.25, -0.2) is 4.79 Å². The molecule has 1 atom stereocenters. The van der Waals surface area contributed by atoms with Crippen LogP contribution < -0.4 is 16.0 Å². The summed E-state index contributed by atoms with van der Waals surface area (Å²) in [6, 6.07) is 3.89. The van der Waals surface area contributed by atoms with Gasteiger partial charge >= 0.3 is 6.09 Å². The molecule has 0 spiro atoms. The summed E-state index contributed by atoms with van der Waals surface area (Å²) >= 11 is 0. The molecule has 0 aromatic heterocycles. The van der Waals surface area contributed by atoms with Crippen LogP contribution in [0.2, 0.25) is 0 Å². The molecule has 358 valence electrons. The molecule has 21 heteroatoms. The van der Waals surface area contributed by atoms with Crippen molar-refractivity contribution in [2.24, 2.45) is 0 Å². The number of anilines is 1. The van der Waals surface area contributed by atoms with Crippen molar-refractivity contribution in [3.63, 3.8) is 0 Å². The van der Waals surface area contributed by atoms with E-state index in [1.807, 2.05) is 20.8 Å². The molecule has 3 rings (SSSR count). The molecular formula is C42H68N4O17. The van der Waals surface area contributed by atoms with E-state index in [1.165, 1.54) is 0 Å². The van der Waals surface area contributed by atoms with E-state index in [0.717, 1.165) is 4.90 Å². The predicted molar refractivity (Wildman–Crippen MR) is 225 cm³/mol. The van der Waals surface area contributed by atoms with Crippen LogP contribution in [0.25, 0.3) is 0 Å². The van der Waals surface area contributed by atoms with Crippen molar-refractivity contribution in [3.05, 3.63) is 29.3 Å². The van der Waals surface area contributed by atoms with E-state index in [0.29, 0.717) is 164 Å². The highest BCUT2D eigenvalue weighted by atomic mass is 16.6. The van der Waals surface area contributed by atoms with Crippen LogP contribution in [0.5, 0.6) is 0 Å². The second kappa shape index (κ2) is 32.7. The fraction of sp³-hybridized carbons (Fsp3) is 0.738. The number of imide groups is 2. The molecule has 0 saturated carbocycles. The van der Waals surface area contributed by atoms with Crippen molar-refractivity contribution in [2.45, 2.75) is 45.3 Å². The number of ether oxygens (including phenoxy) is 12. The normalized spacial score (nSPS) is 15.2. The number of nitrogens with one attached hydrogen (secondary N) is 3. The molecule has 1 unspecified atom stereocenters. The van der Waals surface area contributed by atoms with Gasteiger partial charge in [-0.1, -0.05) is 6.07 Å². The van der Waals surface area contributed by atoms with Gasteiger partial charge in [0.25, 0.3) is 11.8 Å². The number of benzene rings is 1. The Kier molecular flexibility index (Phi) is 27.8. The van der Waals surface area contributed by atoms with Crippen molar-refractivity contribution >= 4 is 35.4 Å². The van der Waals surface area contributed by atoms with Gasteiger partial charge < -0.3 is 67.5 Å². The number of carbonyl (C=O) groups excluding carboxylic acids is 5. The largest absolute Gasteiger partial charge is 0.444 e. The van der Waals surface area contributed by atoms with Crippen LogP contribution >= 0.6 is 0 Å². The topological polar surface area (TPSA) is 235 Å². The predicted octanol–water partition coefficient (Wildman–Crippen LogP) is 1.21. The molecule has 0 bridgehead atoms. The third-order valence-corrected chi connectivity index (χ3v) is 8.66. The molecule has 2 heterocycles. The first-order valence-corrected chi connectivity index (χ1v) is 21.5. The van der Waals surface area contributed by atoms with E-state index >= 15 is 0 Å². The van der Waals surface area contributed by atoms with Gasteiger partial charge in [0.05, 0.1) is 156 Å². The third-order valence-electron chi connectivity index (χ3n) is 8.66. The first-order chi connectivity index (χ1) is 30.6. The summed E-state index contributed by atoms with van der Waals surface area (Å²) in [6.45, 7) is 15.7. The fourth-order valence-electron chi connectivity index (χ4n) is 5.76. The van der Waals surface area contributed by atoms with E-state index < -0.39 is 41.4 Å². The van der Waals surface area contributed by atoms with Crippen molar-refractivity contribution in [3.8, 4) is 0 Å². The lowest BCUT2D eigenvalue weighted by atomic mass is 10.0. The van der Waals surface area contributed by atoms with Crippen LogP contribution in [0, 0.1) is 0 Å². The van der Waals surface area contributed by atoms with Gasteiger partial charge in [0, 0.05) is 25.2 Å². The summed E-state index contributed by atoms with van der Waals surface area (Å²) in [7, 11) is 0. The maximum atomic E-state index is 13.2. The number of carbonyl (C=O) groups is 5. The molecule has 0 aliphatic carbocycles. The van der Waals surface area contributed by atoms with Gasteiger partial charge in [-0.05, 0) is 39.3 Å². The number of rotatable bonds is 38. The van der Waals surface area contributed by atoms with Crippen LogP contribution in [0.1, 0.15) is 54.3 Å². The number of fused-ring (bicyclic) bond motifs is 1. The number of amides is 5. The zero-order chi connectivity index (χ0) is 45.4. The van der Waals surface area contributed by atoms with Crippen molar-refractivity contribution in [2.75, 3.05) is 164 Å². The van der Waals surface area contributed by atoms with E-state index in [1.54, 1.807) is 18.2 Å². The van der Waals surface area contributed by atoms with Gasteiger partial charge in [0.1, 0.15) is 11.6 Å². The lowest BCUT2D eigenvalue weighted by molar-refractivity contribution is -0.136. The molecule has 21 nitrogen and oxygen atoms in total. The highest BCUT2D eigenvalue weighted by Crippen LogP contribution is 2.32. The van der Waals surface area contributed by atoms with E-state index in [-0.39, 0.29) is 24.0 Å². The number of hydrogen-bond donors (Lipinski definition) is 3. The Morgan fingerprint density at radius 2 is 0.984 bits per heavy atom. The average molecular weight is 901 g/mol. The second-order valence-electron chi connectivity index (χ2n) is 14.8. The smallest absolute Gasteiger partial charge is 0.407 e. The van der Waals surface area contributed by atoms with E-state index in [4.69, 9.17) is 56.8 Å². The minimum absolute atomic E-state index is 0.0613. The highest BCUT2D eigenvalue weighted by Gasteiger charge is 2.45. The van der Waals surface area contributed by atoms with Gasteiger partial charge in [0.15, 0.2) is 0 Å². The molecule has 5 amide bonds. The molecule has 3 N–H and O–H groups in total. The summed E-state index contributed by atoms with van der Waals surface area (Å²) in [6.07, 6.45) is -0.303. The Balaban J connectivity index is 0.968. The van der Waals surface area contributed by atoms with Crippen LogP contribution in [0.3, 0.4) is 0 Å². The summed E-state index contributed by atoms with van der Waals surface area (Å²) in [5, 5.41) is 7.95. The Morgan fingerprint density at radius 3 is 1.38 bits per heavy atom. The molecule has 63 heavy (non-hydrogen) atoms. The van der Waals surface area contributed by atoms with Gasteiger partial charge in [0.2, 0.25) is 11.8 Å². The summed E-state index contributed by atoms with van der Waals surface area (Å²) in [5.74, 6) is -2.18. The molecule has 1 aromatic carbocycles. The number of alkyl carbamates (subject to hydrolysis) is 1. The zero-order valence-corrected chi connectivity index (χ0v) is 37.1. The van der Waals surface area contributed by atoms with Crippen molar-refractivity contribution < 1.29 is 80.8 Å². The summed E-state index contributed by atoms with van der Waals surface area (Å²) < 4.78 is 65.5. The van der Waals surface area contributed by atoms with Crippen LogP contribution in [-0.2, 0) is 66.4 Å². The Hall–Kier alpha value is -3.87. The SMILES string of the molecule is CC(C)(C)OC(=O)NCCOCCOCCOCCOCCOCCOCCOCCOCCOCCOCCOCCNc1cccc2c1C(=O)N(C1CCC(=O)NC1=O)C2=O. The first-order valence-electron chi connectivity index (χ1n) is 21.5. The molecule has 2 aliphatic rings. The zero-order valence-electron chi connectivity index (χ0n) is 37.1. The molecule has 2 aliphatic heterocycles. The number of hydrogen-bond acceptors (Lipinski definition) is 18. The molecule has 0 radical (unpaired) electrons. The Morgan fingerprint density at radius 1 is 0.587 bits per heavy atom. The molecule has 1 saturated heterocycles. The second-order valence-corrected chi connectivity index (χ2v) is 14.8. The fourth-order valence-corrected chi connectivity index (χ4v) is 5.76. The lowest BCUT2D eigenvalue weighted by Crippen LogP contribution is -2.54. The minimum Gasteiger partial charge on any atom is -0.444 e. The van der Waals surface area contributed by atoms with Gasteiger partial charge in [-0.2, -0.15) is 0 Å². The monoisotopic (exact) mass is 900 g/mol. The Labute approximate surface area is 369 Å². The van der Waals surface area contributed by atoms with Crippen LogP contribution in [-0.4, -0.2) is 205 Å². The van der Waals surface area contributed by atoms with Crippen LogP contribution in [0.4, 0.5) is 10.5 Å². The minimum atomic E-state index is -1.02. The highest BCUT2D eigenvalue weighted by molar-refractivity contribution is 6.25. The molecule has 1 fully saturated rings. The van der Waals surface area contributed by atoms with E-state index in [9.17, 15) is 24.0 Å². The summed E-state index contributed by atoms with van der Waals surface area (Å²) in [5.41, 5.74) is 0.369. The van der Waals surface area contributed by atoms with Crippen molar-refractivity contribution in [1.29, 1.82) is 0 Å². The lowest BCUT2D eigenvalue weighted by Gasteiger charge is -2.27. The molecular weight excluding hydrogens is 832 g/mol.